The van der Waals surface area contributed by atoms with Crippen LogP contribution >= 0.6 is 11.6 Å². The van der Waals surface area contributed by atoms with Gasteiger partial charge in [0.05, 0.1) is 17.1 Å². The zero-order valence-electron chi connectivity index (χ0n) is 23.5. The molecular weight excluding hydrogens is 540 g/mol. The van der Waals surface area contributed by atoms with Crippen molar-refractivity contribution >= 4 is 46.9 Å². The van der Waals surface area contributed by atoms with Crippen molar-refractivity contribution in [3.8, 4) is 0 Å². The van der Waals surface area contributed by atoms with Crippen LogP contribution in [0.15, 0.2) is 18.2 Å². The van der Waals surface area contributed by atoms with Crippen LogP contribution in [0.5, 0.6) is 0 Å². The van der Waals surface area contributed by atoms with Gasteiger partial charge < -0.3 is 30.3 Å². The van der Waals surface area contributed by atoms with Crippen LogP contribution in [-0.4, -0.2) is 71.6 Å². The predicted octanol–water partition coefficient (Wildman–Crippen LogP) is 2.62. The Hall–Kier alpha value is -3.18. The maximum Gasteiger partial charge on any atom is 0.310 e. The zero-order valence-corrected chi connectivity index (χ0v) is 24.2. The number of carbonyl (C=O) groups is 5. The lowest BCUT2D eigenvalue weighted by atomic mass is 9.84. The average Bonchev–Trinajstić information content (AvgIpc) is 3.56. The summed E-state index contributed by atoms with van der Waals surface area (Å²) in [7, 11) is 0. The highest BCUT2D eigenvalue weighted by Gasteiger charge is 2.59. The molecule has 12 heteroatoms. The van der Waals surface area contributed by atoms with E-state index in [4.69, 9.17) is 21.1 Å². The van der Waals surface area contributed by atoms with Gasteiger partial charge in [-0.2, -0.15) is 0 Å². The van der Waals surface area contributed by atoms with Gasteiger partial charge in [-0.1, -0.05) is 32.4 Å². The first kappa shape index (κ1) is 29.8. The summed E-state index contributed by atoms with van der Waals surface area (Å²) in [6.07, 6.45) is 0.295. The molecule has 1 saturated carbocycles. The fourth-order valence-electron chi connectivity index (χ4n) is 5.84. The normalized spacial score (nSPS) is 26.3. The first-order valence-electron chi connectivity index (χ1n) is 13.6. The van der Waals surface area contributed by atoms with Crippen LogP contribution in [0.25, 0.3) is 0 Å². The van der Waals surface area contributed by atoms with Crippen molar-refractivity contribution in [1.29, 1.82) is 0 Å². The number of benzene rings is 1. The minimum atomic E-state index is -1.11. The smallest absolute Gasteiger partial charge is 0.310 e. The van der Waals surface area contributed by atoms with Gasteiger partial charge in [-0.3, -0.25) is 24.0 Å². The van der Waals surface area contributed by atoms with Gasteiger partial charge in [0, 0.05) is 25.6 Å². The largest absolute Gasteiger partial charge is 0.439 e. The quantitative estimate of drug-likeness (QED) is 0.404. The van der Waals surface area contributed by atoms with Crippen molar-refractivity contribution in [2.75, 3.05) is 18.5 Å². The number of ether oxygens (including phenoxy) is 2. The third-order valence-electron chi connectivity index (χ3n) is 7.79. The van der Waals surface area contributed by atoms with E-state index in [9.17, 15) is 24.0 Å². The summed E-state index contributed by atoms with van der Waals surface area (Å²) < 4.78 is 10.9. The second kappa shape index (κ2) is 11.4. The summed E-state index contributed by atoms with van der Waals surface area (Å²) in [6, 6.07) is 3.52. The molecule has 0 unspecified atom stereocenters. The van der Waals surface area contributed by atoms with Gasteiger partial charge in [0.15, 0.2) is 0 Å². The Labute approximate surface area is 238 Å². The number of nitrogens with one attached hydrogen (secondary N) is 3. The number of nitrogens with zero attached hydrogens (tertiary/aromatic N) is 1. The van der Waals surface area contributed by atoms with Crippen LogP contribution in [0.1, 0.15) is 70.7 Å². The number of rotatable bonds is 8. The van der Waals surface area contributed by atoms with E-state index < -0.39 is 41.2 Å². The molecule has 2 aliphatic heterocycles. The van der Waals surface area contributed by atoms with E-state index in [0.29, 0.717) is 31.7 Å². The molecule has 3 N–H and O–H groups in total. The van der Waals surface area contributed by atoms with Gasteiger partial charge in [-0.15, -0.1) is 0 Å². The number of halogens is 1. The van der Waals surface area contributed by atoms with Crippen LogP contribution < -0.4 is 16.0 Å². The van der Waals surface area contributed by atoms with Crippen molar-refractivity contribution in [2.24, 2.45) is 11.3 Å². The number of amides is 4. The van der Waals surface area contributed by atoms with Crippen LogP contribution in [-0.2, 0) is 28.7 Å². The molecule has 3 fully saturated rings. The van der Waals surface area contributed by atoms with Crippen LogP contribution in [0.4, 0.5) is 5.69 Å². The van der Waals surface area contributed by atoms with Gasteiger partial charge >= 0.3 is 5.97 Å². The molecule has 1 aromatic rings. The van der Waals surface area contributed by atoms with Crippen molar-refractivity contribution in [3.63, 3.8) is 0 Å². The summed E-state index contributed by atoms with van der Waals surface area (Å²) in [6.45, 7) is 9.43. The monoisotopic (exact) mass is 576 g/mol. The molecule has 0 spiro atoms. The Morgan fingerprint density at radius 3 is 2.58 bits per heavy atom. The van der Waals surface area contributed by atoms with E-state index in [0.717, 1.165) is 6.42 Å². The highest BCUT2D eigenvalue weighted by molar-refractivity contribution is 6.34. The number of fused-ring (bicyclic) bond motifs is 2. The maximum absolute atomic E-state index is 14.1. The lowest BCUT2D eigenvalue weighted by molar-refractivity contribution is -0.154. The molecule has 11 nitrogen and oxygen atoms in total. The number of cyclic esters (lactones) is 1. The molecule has 2 bridgehead atoms. The van der Waals surface area contributed by atoms with Crippen molar-refractivity contribution in [1.82, 2.24) is 15.5 Å². The summed E-state index contributed by atoms with van der Waals surface area (Å²) >= 11 is 6.26. The Kier molecular flexibility index (Phi) is 8.46. The van der Waals surface area contributed by atoms with Crippen molar-refractivity contribution in [2.45, 2.75) is 84.2 Å². The molecule has 4 rings (SSSR count). The second-order valence-electron chi connectivity index (χ2n) is 11.8. The number of esters is 1. The molecule has 1 aliphatic carbocycles. The number of piperidine rings is 1. The number of anilines is 1. The summed E-state index contributed by atoms with van der Waals surface area (Å²) in [5.74, 6) is -1.85. The van der Waals surface area contributed by atoms with E-state index in [-0.39, 0.29) is 40.6 Å². The molecule has 2 heterocycles. The highest BCUT2D eigenvalue weighted by Crippen LogP contribution is 2.47. The zero-order chi connectivity index (χ0) is 29.4. The van der Waals surface area contributed by atoms with Crippen molar-refractivity contribution in [3.05, 3.63) is 28.8 Å². The Bertz CT molecular complexity index is 1220. The molecule has 1 aromatic carbocycles. The number of hydrogen-bond donors (Lipinski definition) is 3. The topological polar surface area (TPSA) is 143 Å². The highest BCUT2D eigenvalue weighted by atomic mass is 35.5. The van der Waals surface area contributed by atoms with Crippen LogP contribution in [0.2, 0.25) is 5.02 Å². The van der Waals surface area contributed by atoms with Gasteiger partial charge in [0.25, 0.3) is 5.91 Å². The van der Waals surface area contributed by atoms with E-state index in [1.54, 1.807) is 11.8 Å². The molecule has 3 aliphatic rings. The third kappa shape index (κ3) is 5.95. The molecule has 0 aromatic heterocycles. The minimum Gasteiger partial charge on any atom is -0.439 e. The average molecular weight is 577 g/mol. The summed E-state index contributed by atoms with van der Waals surface area (Å²) in [5, 5.41) is 8.46. The lowest BCUT2D eigenvalue weighted by Gasteiger charge is -2.42. The minimum absolute atomic E-state index is 0.0466. The van der Waals surface area contributed by atoms with Crippen molar-refractivity contribution < 1.29 is 33.4 Å². The standard InChI is InChI=1S/C28H37ClN4O7/c1-6-39-20-12-21(35)40-24(20)32-26(38)28-10-9-16(13-28)14-33(28)25(37)22(27(3,4)5)31-23(36)17-7-8-19(18(29)11-17)30-15(2)34/h7-8,11,16,20,22,24H,6,9-10,12-14H2,1-5H3,(H,30,34)(H,31,36)(H,32,38)/t16-,20+,22-,24-,28+/m1/s1. The Morgan fingerprint density at radius 1 is 1.25 bits per heavy atom. The van der Waals surface area contributed by atoms with Gasteiger partial charge in [0.1, 0.15) is 17.7 Å². The van der Waals surface area contributed by atoms with Gasteiger partial charge in [0.2, 0.25) is 23.9 Å². The fourth-order valence-corrected chi connectivity index (χ4v) is 6.07. The van der Waals surface area contributed by atoms with E-state index in [1.807, 2.05) is 20.8 Å². The molecule has 4 amide bonds. The predicted molar refractivity (Wildman–Crippen MR) is 146 cm³/mol. The van der Waals surface area contributed by atoms with E-state index in [2.05, 4.69) is 16.0 Å². The molecule has 40 heavy (non-hydrogen) atoms. The number of carbonyl (C=O) groups excluding carboxylic acids is 5. The second-order valence-corrected chi connectivity index (χ2v) is 12.2. The Balaban J connectivity index is 1.54. The Morgan fingerprint density at radius 2 is 1.98 bits per heavy atom. The molecule has 5 atom stereocenters. The summed E-state index contributed by atoms with van der Waals surface area (Å²) in [4.78, 5) is 66.0. The van der Waals surface area contributed by atoms with Gasteiger partial charge in [-0.05, 0) is 55.7 Å². The maximum atomic E-state index is 14.1. The molecule has 0 radical (unpaired) electrons. The van der Waals surface area contributed by atoms with E-state index >= 15 is 0 Å². The summed E-state index contributed by atoms with van der Waals surface area (Å²) in [5.41, 5.74) is -1.20. The first-order valence-corrected chi connectivity index (χ1v) is 13.9. The molecular formula is C28H37ClN4O7. The molecule has 218 valence electrons. The van der Waals surface area contributed by atoms with Gasteiger partial charge in [-0.25, -0.2) is 0 Å². The SMILES string of the molecule is CCO[C@H]1CC(=O)O[C@H]1NC(=O)[C@@]12CC[C@@H](CN1C(=O)[C@@H](NC(=O)c1ccc(NC(C)=O)c(Cl)c1)C(C)(C)C)C2. The fraction of sp³-hybridized carbons (Fsp3) is 0.607. The first-order chi connectivity index (χ1) is 18.7. The van der Waals surface area contributed by atoms with E-state index in [1.165, 1.54) is 25.1 Å². The third-order valence-corrected chi connectivity index (χ3v) is 8.10. The number of hydrogen-bond acceptors (Lipinski definition) is 7. The number of likely N-dealkylation sites (tertiary alicyclic amines) is 1. The molecule has 2 saturated heterocycles. The van der Waals surface area contributed by atoms with Crippen LogP contribution in [0, 0.1) is 11.3 Å². The van der Waals surface area contributed by atoms with Crippen LogP contribution in [0.3, 0.4) is 0 Å². The lowest BCUT2D eigenvalue weighted by Crippen LogP contribution is -2.64.